The Kier molecular flexibility index (Phi) is 32.8. The minimum atomic E-state index is -0.108. The largest absolute Gasteiger partial charge is 0.465 e. The average molecular weight is 1140 g/mol. The third-order valence-electron chi connectivity index (χ3n) is 17.0. The van der Waals surface area contributed by atoms with Crippen LogP contribution in [0.1, 0.15) is 187 Å². The molecule has 0 bridgehead atoms. The molecule has 0 amide bonds. The second kappa shape index (κ2) is 37.0. The Morgan fingerprint density at radius 3 is 0.863 bits per heavy atom. The average Bonchev–Trinajstić information content (AvgIpc) is 4.21. The summed E-state index contributed by atoms with van der Waals surface area (Å²) < 4.78 is 62.1. The van der Waals surface area contributed by atoms with E-state index < -0.39 is 0 Å². The van der Waals surface area contributed by atoms with E-state index in [2.05, 4.69) is 13.8 Å². The van der Waals surface area contributed by atoms with Crippen LogP contribution in [0.25, 0.3) is 0 Å². The van der Waals surface area contributed by atoms with Crippen LogP contribution >= 0.6 is 0 Å². The monoisotopic (exact) mass is 1140 g/mol. The van der Waals surface area contributed by atoms with Gasteiger partial charge in [0, 0.05) is 0 Å². The van der Waals surface area contributed by atoms with Gasteiger partial charge in [-0.2, -0.15) is 0 Å². The number of epoxide rings is 4. The standard InChI is InChI=1S/2C12H20O3.2C11H20O3.2C8H14O3/c2*1-3-8(2)12(13)14-7-9-4-5-10-11(6-9)15-10;2*1-4-9(3)10(12)14-8-11(5-2)6-13-7-11;2*1-3-6(2)8(9)11-5-7-4-10-7/h2*8-11H,3-7H2,1-2H3;2*9H,4-8H2,1-3H3;2*6-7H,3-5H2,1-2H3. The van der Waals surface area contributed by atoms with Crippen molar-refractivity contribution in [3.8, 4) is 0 Å². The van der Waals surface area contributed by atoms with Gasteiger partial charge in [-0.15, -0.1) is 0 Å². The molecule has 0 spiro atoms. The molecule has 0 aromatic rings. The zero-order valence-corrected chi connectivity index (χ0v) is 51.8. The maximum absolute atomic E-state index is 11.5. The Hall–Kier alpha value is -3.42. The van der Waals surface area contributed by atoms with Crippen molar-refractivity contribution in [1.29, 1.82) is 0 Å². The SMILES string of the molecule is CCC(C)C(=O)OCC1(CC)COC1.CCC(C)C(=O)OCC1(CC)COC1.CCC(C)C(=O)OCC1CCC2OC2C1.CCC(C)C(=O)OCC1CCC2OC2C1.CCC(C)C(=O)OCC1CO1.CCC(C)C(=O)OCC1CO1. The fraction of sp³-hybridized carbons (Fsp3) is 0.903. The van der Waals surface area contributed by atoms with E-state index in [0.29, 0.717) is 75.9 Å². The van der Waals surface area contributed by atoms with Crippen molar-refractivity contribution < 1.29 is 85.6 Å². The lowest BCUT2D eigenvalue weighted by molar-refractivity contribution is -0.174. The van der Waals surface area contributed by atoms with Gasteiger partial charge in [0.2, 0.25) is 0 Å². The Morgan fingerprint density at radius 2 is 0.650 bits per heavy atom. The lowest BCUT2D eigenvalue weighted by Crippen LogP contribution is -2.46. The summed E-state index contributed by atoms with van der Waals surface area (Å²) in [6.07, 6.45) is 16.3. The van der Waals surface area contributed by atoms with Crippen LogP contribution in [0.2, 0.25) is 0 Å². The lowest BCUT2D eigenvalue weighted by atomic mass is 9.84. The van der Waals surface area contributed by atoms with Gasteiger partial charge in [-0.1, -0.05) is 96.9 Å². The molecule has 0 aromatic heterocycles. The van der Waals surface area contributed by atoms with Crippen molar-refractivity contribution in [2.45, 2.75) is 223 Å². The summed E-state index contributed by atoms with van der Waals surface area (Å²) in [6, 6.07) is 0. The molecule has 8 rings (SSSR count). The topological polar surface area (TPSA) is 226 Å². The van der Waals surface area contributed by atoms with Crippen molar-refractivity contribution in [1.82, 2.24) is 0 Å². The van der Waals surface area contributed by atoms with Crippen LogP contribution in [0.15, 0.2) is 0 Å². The third kappa shape index (κ3) is 26.9. The Balaban J connectivity index is 0.000000253. The van der Waals surface area contributed by atoms with Crippen molar-refractivity contribution >= 4 is 35.8 Å². The van der Waals surface area contributed by atoms with Crippen molar-refractivity contribution in [3.63, 3.8) is 0 Å². The molecule has 2 saturated carbocycles. The molecule has 8 aliphatic rings. The highest BCUT2D eigenvalue weighted by Crippen LogP contribution is 2.40. The minimum Gasteiger partial charge on any atom is -0.465 e. The smallest absolute Gasteiger partial charge is 0.308 e. The fourth-order valence-electron chi connectivity index (χ4n) is 8.22. The van der Waals surface area contributed by atoms with Crippen LogP contribution in [0.3, 0.4) is 0 Å². The van der Waals surface area contributed by atoms with Crippen molar-refractivity contribution in [3.05, 3.63) is 0 Å². The van der Waals surface area contributed by atoms with Gasteiger partial charge in [-0.05, 0) is 102 Å². The summed E-state index contributed by atoms with van der Waals surface area (Å²) in [5, 5.41) is 0. The second-order valence-electron chi connectivity index (χ2n) is 24.0. The van der Waals surface area contributed by atoms with Gasteiger partial charge < -0.3 is 56.8 Å². The Morgan fingerprint density at radius 1 is 0.388 bits per heavy atom. The molecule has 0 aromatic carbocycles. The van der Waals surface area contributed by atoms with Crippen LogP contribution in [0.5, 0.6) is 0 Å². The molecule has 80 heavy (non-hydrogen) atoms. The fourth-order valence-corrected chi connectivity index (χ4v) is 8.22. The van der Waals surface area contributed by atoms with E-state index >= 15 is 0 Å². The summed E-state index contributed by atoms with van der Waals surface area (Å²) in [4.78, 5) is 67.8. The van der Waals surface area contributed by atoms with E-state index in [1.165, 1.54) is 0 Å². The van der Waals surface area contributed by atoms with Gasteiger partial charge in [0.05, 0.1) is 124 Å². The molecule has 6 aliphatic heterocycles. The summed E-state index contributed by atoms with van der Waals surface area (Å²) in [5.74, 6) is 0.760. The zero-order chi connectivity index (χ0) is 59.4. The molecular formula is C62H108O18. The highest BCUT2D eigenvalue weighted by molar-refractivity contribution is 5.73. The van der Waals surface area contributed by atoms with Gasteiger partial charge in [0.1, 0.15) is 38.6 Å². The maximum Gasteiger partial charge on any atom is 0.308 e. The first kappa shape index (κ1) is 70.8. The molecule has 14 atom stereocenters. The quantitative estimate of drug-likeness (QED) is 0.0446. The van der Waals surface area contributed by atoms with E-state index in [9.17, 15) is 28.8 Å². The number of rotatable bonds is 26. The minimum absolute atomic E-state index is 0.0184. The second-order valence-corrected chi connectivity index (χ2v) is 24.0. The van der Waals surface area contributed by atoms with Crippen LogP contribution < -0.4 is 0 Å². The maximum atomic E-state index is 11.5. The molecule has 18 heteroatoms. The molecule has 14 unspecified atom stereocenters. The first-order chi connectivity index (χ1) is 38.1. The molecular weight excluding hydrogens is 1030 g/mol. The highest BCUT2D eigenvalue weighted by atomic mass is 16.6. The van der Waals surface area contributed by atoms with Gasteiger partial charge >= 0.3 is 35.8 Å². The molecule has 6 saturated heterocycles. The summed E-state index contributed by atoms with van der Waals surface area (Å²) in [5.41, 5.74) is 0.228. The molecule has 464 valence electrons. The van der Waals surface area contributed by atoms with Crippen molar-refractivity contribution in [2.75, 3.05) is 79.3 Å². The number of carbonyl (C=O) groups excluding carboxylic acids is 6. The number of carbonyl (C=O) groups is 6. The van der Waals surface area contributed by atoms with Crippen LogP contribution in [0, 0.1) is 58.2 Å². The number of hydrogen-bond donors (Lipinski definition) is 0. The van der Waals surface area contributed by atoms with Crippen LogP contribution in [0.4, 0.5) is 0 Å². The molecule has 0 radical (unpaired) electrons. The molecule has 18 nitrogen and oxygen atoms in total. The van der Waals surface area contributed by atoms with Gasteiger partial charge in [-0.3, -0.25) is 28.8 Å². The predicted molar refractivity (Wildman–Crippen MR) is 301 cm³/mol. The summed E-state index contributed by atoms with van der Waals surface area (Å²) in [6.45, 7) is 35.1. The predicted octanol–water partition coefficient (Wildman–Crippen LogP) is 10.2. The van der Waals surface area contributed by atoms with E-state index in [-0.39, 0.29) is 94.4 Å². The van der Waals surface area contributed by atoms with E-state index in [4.69, 9.17) is 56.8 Å². The lowest BCUT2D eigenvalue weighted by Gasteiger charge is -2.40. The number of fused-ring (bicyclic) bond motifs is 2. The molecule has 0 N–H and O–H groups in total. The van der Waals surface area contributed by atoms with E-state index in [1.807, 2.05) is 83.1 Å². The normalized spacial score (nSPS) is 27.4. The first-order valence-corrected chi connectivity index (χ1v) is 30.8. The van der Waals surface area contributed by atoms with Gasteiger partial charge in [-0.25, -0.2) is 0 Å². The summed E-state index contributed by atoms with van der Waals surface area (Å²) in [7, 11) is 0. The molecule has 6 heterocycles. The third-order valence-corrected chi connectivity index (χ3v) is 17.0. The van der Waals surface area contributed by atoms with Gasteiger partial charge in [0.25, 0.3) is 0 Å². The Bertz CT molecular complexity index is 1670. The highest BCUT2D eigenvalue weighted by Gasteiger charge is 2.45. The van der Waals surface area contributed by atoms with Gasteiger partial charge in [0.15, 0.2) is 0 Å². The number of ether oxygens (including phenoxy) is 12. The van der Waals surface area contributed by atoms with Crippen molar-refractivity contribution in [2.24, 2.45) is 58.2 Å². The van der Waals surface area contributed by atoms with E-state index in [0.717, 1.165) is 130 Å². The summed E-state index contributed by atoms with van der Waals surface area (Å²) >= 11 is 0. The van der Waals surface area contributed by atoms with Crippen LogP contribution in [-0.4, -0.2) is 152 Å². The Labute approximate surface area is 480 Å². The van der Waals surface area contributed by atoms with Crippen LogP contribution in [-0.2, 0) is 85.6 Å². The number of hydrogen-bond acceptors (Lipinski definition) is 18. The van der Waals surface area contributed by atoms with E-state index in [1.54, 1.807) is 0 Å². The molecule has 8 fully saturated rings. The zero-order valence-electron chi connectivity index (χ0n) is 51.8. The molecule has 2 aliphatic carbocycles. The number of esters is 6. The first-order valence-electron chi connectivity index (χ1n) is 30.8.